The molecule has 0 atom stereocenters. The molecule has 38 heavy (non-hydrogen) atoms. The molecule has 9 heteroatoms. The zero-order valence-corrected chi connectivity index (χ0v) is 22.3. The van der Waals surface area contributed by atoms with Crippen LogP contribution in [0.15, 0.2) is 69.9 Å². The van der Waals surface area contributed by atoms with Gasteiger partial charge >= 0.3 is 5.97 Å². The highest BCUT2D eigenvalue weighted by molar-refractivity contribution is 6.38. The molecule has 0 spiro atoms. The molecule has 7 nitrogen and oxygen atoms in total. The van der Waals surface area contributed by atoms with Gasteiger partial charge in [0.1, 0.15) is 0 Å². The van der Waals surface area contributed by atoms with E-state index in [1.807, 2.05) is 26.0 Å². The van der Waals surface area contributed by atoms with Crippen molar-refractivity contribution in [2.75, 3.05) is 18.5 Å². The average Bonchev–Trinajstić information content (AvgIpc) is 2.89. The number of rotatable bonds is 9. The number of anilines is 1. The van der Waals surface area contributed by atoms with E-state index in [0.717, 1.165) is 18.4 Å². The second-order valence-electron chi connectivity index (χ2n) is 8.62. The summed E-state index contributed by atoms with van der Waals surface area (Å²) in [5, 5.41) is 3.26. The number of unbranched alkanes of at least 4 members (excludes halogenated alkanes) is 1. The van der Waals surface area contributed by atoms with E-state index in [-0.39, 0.29) is 32.5 Å². The van der Waals surface area contributed by atoms with Crippen LogP contribution in [-0.4, -0.2) is 25.1 Å². The maximum atomic E-state index is 13.4. The number of fused-ring (bicyclic) bond motifs is 1. The average molecular weight is 554 g/mol. The second kappa shape index (κ2) is 12.2. The van der Waals surface area contributed by atoms with E-state index in [1.165, 1.54) is 12.1 Å². The van der Waals surface area contributed by atoms with E-state index >= 15 is 0 Å². The van der Waals surface area contributed by atoms with Gasteiger partial charge in [-0.1, -0.05) is 66.4 Å². The Balaban J connectivity index is 1.54. The molecule has 1 amide bonds. The first-order valence-electron chi connectivity index (χ1n) is 12.0. The van der Waals surface area contributed by atoms with Gasteiger partial charge in [-0.3, -0.25) is 9.59 Å². The van der Waals surface area contributed by atoms with E-state index < -0.39 is 23.9 Å². The number of carbonyl (C=O) groups excluding carboxylic acids is 2. The van der Waals surface area contributed by atoms with Crippen LogP contribution in [0.25, 0.3) is 22.3 Å². The van der Waals surface area contributed by atoms with Crippen LogP contribution in [0.2, 0.25) is 10.0 Å². The summed E-state index contributed by atoms with van der Waals surface area (Å²) in [6, 6.07) is 16.5. The Hall–Kier alpha value is -3.81. The molecule has 0 saturated carbocycles. The molecule has 0 fully saturated rings. The fraction of sp³-hybridized carbons (Fsp3) is 0.207. The molecule has 4 aromatic rings. The third-order valence-corrected chi connectivity index (χ3v) is 6.17. The van der Waals surface area contributed by atoms with Crippen molar-refractivity contribution in [3.05, 3.63) is 92.1 Å². The third-order valence-electron chi connectivity index (χ3n) is 5.67. The van der Waals surface area contributed by atoms with Crippen LogP contribution in [0, 0.1) is 6.92 Å². The first-order valence-corrected chi connectivity index (χ1v) is 12.7. The molecule has 0 aliphatic carbocycles. The lowest BCUT2D eigenvalue weighted by Gasteiger charge is -2.13. The van der Waals surface area contributed by atoms with Crippen LogP contribution in [0.4, 0.5) is 5.69 Å². The fourth-order valence-electron chi connectivity index (χ4n) is 3.65. The number of carbonyl (C=O) groups is 2. The molecule has 1 N–H and O–H groups in total. The number of esters is 1. The lowest BCUT2D eigenvalue weighted by atomic mass is 10.1. The van der Waals surface area contributed by atoms with Gasteiger partial charge in [-0.15, -0.1) is 0 Å². The van der Waals surface area contributed by atoms with Gasteiger partial charge in [0.25, 0.3) is 5.91 Å². The van der Waals surface area contributed by atoms with Crippen molar-refractivity contribution in [1.29, 1.82) is 0 Å². The Morgan fingerprint density at radius 3 is 2.39 bits per heavy atom. The van der Waals surface area contributed by atoms with Crippen molar-refractivity contribution in [1.82, 2.24) is 0 Å². The summed E-state index contributed by atoms with van der Waals surface area (Å²) < 4.78 is 16.9. The van der Waals surface area contributed by atoms with E-state index in [9.17, 15) is 14.4 Å². The van der Waals surface area contributed by atoms with Crippen LogP contribution < -0.4 is 15.5 Å². The number of ether oxygens (including phenoxy) is 2. The Morgan fingerprint density at radius 2 is 1.71 bits per heavy atom. The van der Waals surface area contributed by atoms with Gasteiger partial charge in [0.05, 0.1) is 22.6 Å². The molecular weight excluding hydrogens is 529 g/mol. The summed E-state index contributed by atoms with van der Waals surface area (Å²) in [7, 11) is 0. The maximum absolute atomic E-state index is 13.4. The van der Waals surface area contributed by atoms with Crippen LogP contribution in [0.5, 0.6) is 5.75 Å². The lowest BCUT2D eigenvalue weighted by Crippen LogP contribution is -2.22. The number of aryl methyl sites for hydroxylation is 1. The number of hydrogen-bond acceptors (Lipinski definition) is 6. The summed E-state index contributed by atoms with van der Waals surface area (Å²) in [6.45, 7) is 3.83. The molecule has 0 aliphatic heterocycles. The van der Waals surface area contributed by atoms with Crippen molar-refractivity contribution >= 4 is 51.7 Å². The zero-order valence-electron chi connectivity index (χ0n) is 20.8. The predicted molar refractivity (Wildman–Crippen MR) is 148 cm³/mol. The molecule has 0 saturated heterocycles. The van der Waals surface area contributed by atoms with Crippen LogP contribution in [0.3, 0.4) is 0 Å². The molecule has 4 rings (SSSR count). The molecule has 1 aromatic heterocycles. The largest absolute Gasteiger partial charge is 0.476 e. The van der Waals surface area contributed by atoms with Crippen molar-refractivity contribution in [2.45, 2.75) is 26.7 Å². The highest BCUT2D eigenvalue weighted by atomic mass is 35.5. The minimum Gasteiger partial charge on any atom is -0.476 e. The van der Waals surface area contributed by atoms with Gasteiger partial charge in [-0.25, -0.2) is 4.79 Å². The summed E-state index contributed by atoms with van der Waals surface area (Å²) in [6.07, 6.45) is 1.72. The van der Waals surface area contributed by atoms with Crippen molar-refractivity contribution < 1.29 is 23.5 Å². The Morgan fingerprint density at radius 1 is 1.00 bits per heavy atom. The van der Waals surface area contributed by atoms with Gasteiger partial charge in [0.15, 0.2) is 18.0 Å². The quantitative estimate of drug-likeness (QED) is 0.176. The summed E-state index contributed by atoms with van der Waals surface area (Å²) in [5.41, 5.74) is 2.09. The summed E-state index contributed by atoms with van der Waals surface area (Å²) in [4.78, 5) is 38.1. The third kappa shape index (κ3) is 6.36. The van der Waals surface area contributed by atoms with E-state index in [2.05, 4.69) is 5.32 Å². The Kier molecular flexibility index (Phi) is 8.71. The molecule has 0 aliphatic rings. The fourth-order valence-corrected chi connectivity index (χ4v) is 4.18. The van der Waals surface area contributed by atoms with E-state index in [1.54, 1.807) is 36.4 Å². The molecule has 0 bridgehead atoms. The number of amides is 1. The maximum Gasteiger partial charge on any atom is 0.338 e. The number of nitrogens with one attached hydrogen (secondary N) is 1. The van der Waals surface area contributed by atoms with Gasteiger partial charge in [0, 0.05) is 16.3 Å². The Bertz CT molecular complexity index is 1530. The lowest BCUT2D eigenvalue weighted by molar-refractivity contribution is -0.118. The highest BCUT2D eigenvalue weighted by Crippen LogP contribution is 2.35. The monoisotopic (exact) mass is 553 g/mol. The molecule has 1 heterocycles. The predicted octanol–water partition coefficient (Wildman–Crippen LogP) is 7.05. The van der Waals surface area contributed by atoms with Crippen LogP contribution in [-0.2, 0) is 9.53 Å². The minimum absolute atomic E-state index is 0.134. The molecule has 3 aromatic carbocycles. The first kappa shape index (κ1) is 27.2. The van der Waals surface area contributed by atoms with Crippen LogP contribution >= 0.6 is 23.2 Å². The van der Waals surface area contributed by atoms with Crippen LogP contribution in [0.1, 0.15) is 35.7 Å². The topological polar surface area (TPSA) is 94.8 Å². The highest BCUT2D eigenvalue weighted by Gasteiger charge is 2.21. The van der Waals surface area contributed by atoms with Gasteiger partial charge in [-0.2, -0.15) is 0 Å². The molecular formula is C29H25Cl2NO6. The zero-order chi connectivity index (χ0) is 27.2. The standard InChI is InChI=1S/C29H25Cl2NO6/c1-3-4-13-36-29(35)19-9-11-21(12-10-19)32-24(33)16-37-28-25(34)22-14-20(30)15-23(31)27(22)38-26(28)18-7-5-17(2)6-8-18/h5-12,14-15H,3-4,13,16H2,1-2H3,(H,32,33). The van der Waals surface area contributed by atoms with E-state index in [4.69, 9.17) is 37.1 Å². The van der Waals surface area contributed by atoms with Crippen molar-refractivity contribution in [3.63, 3.8) is 0 Å². The SMILES string of the molecule is CCCCOC(=O)c1ccc(NC(=O)COc2c(-c3ccc(C)cc3)oc3c(Cl)cc(Cl)cc3c2=O)cc1. The van der Waals surface area contributed by atoms with Gasteiger partial charge < -0.3 is 19.2 Å². The normalized spacial score (nSPS) is 10.8. The molecule has 196 valence electrons. The van der Waals surface area contributed by atoms with Gasteiger partial charge in [-0.05, 0) is 49.7 Å². The molecule has 0 unspecified atom stereocenters. The number of benzene rings is 3. The smallest absolute Gasteiger partial charge is 0.338 e. The number of hydrogen-bond donors (Lipinski definition) is 1. The second-order valence-corrected chi connectivity index (χ2v) is 9.47. The van der Waals surface area contributed by atoms with E-state index in [0.29, 0.717) is 23.4 Å². The van der Waals surface area contributed by atoms with Crippen molar-refractivity contribution in [2.24, 2.45) is 0 Å². The Labute approximate surface area is 229 Å². The minimum atomic E-state index is -0.512. The molecule has 0 radical (unpaired) electrons. The van der Waals surface area contributed by atoms with Gasteiger partial charge in [0.2, 0.25) is 11.2 Å². The summed E-state index contributed by atoms with van der Waals surface area (Å²) >= 11 is 12.4. The summed E-state index contributed by atoms with van der Waals surface area (Å²) in [5.74, 6) is -0.932. The first-order chi connectivity index (χ1) is 18.3. The van der Waals surface area contributed by atoms with Crippen molar-refractivity contribution in [3.8, 4) is 17.1 Å². The number of halogens is 2.